The Hall–Kier alpha value is -2.51. The summed E-state index contributed by atoms with van der Waals surface area (Å²) in [7, 11) is 0. The molecule has 6 nitrogen and oxygen atoms in total. The minimum atomic E-state index is -0.974. The van der Waals surface area contributed by atoms with Crippen molar-refractivity contribution in [1.29, 1.82) is 0 Å². The third kappa shape index (κ3) is 10.0. The Morgan fingerprint density at radius 1 is 1.34 bits per heavy atom. The second kappa shape index (κ2) is 12.9. The van der Waals surface area contributed by atoms with Gasteiger partial charge in [0.15, 0.2) is 5.82 Å². The van der Waals surface area contributed by atoms with Crippen LogP contribution in [-0.4, -0.2) is 47.6 Å². The summed E-state index contributed by atoms with van der Waals surface area (Å²) in [5, 5.41) is 6.07. The first-order valence-electron chi connectivity index (χ1n) is 10.1. The Morgan fingerprint density at radius 2 is 2.07 bits per heavy atom. The molecule has 2 N–H and O–H groups in total. The van der Waals surface area contributed by atoms with E-state index in [4.69, 9.17) is 0 Å². The van der Waals surface area contributed by atoms with Crippen molar-refractivity contribution in [2.45, 2.75) is 60.3 Å². The molecule has 0 bridgehead atoms. The molecule has 0 radical (unpaired) electrons. The van der Waals surface area contributed by atoms with Crippen LogP contribution in [0.2, 0.25) is 20.0 Å². The molecule has 1 amide bonds. The van der Waals surface area contributed by atoms with E-state index in [1.54, 1.807) is 13.0 Å². The summed E-state index contributed by atoms with van der Waals surface area (Å²) in [4.78, 5) is 25.2. The van der Waals surface area contributed by atoms with Gasteiger partial charge in [-0.15, -0.1) is 0 Å². The molecule has 1 rings (SSSR count). The van der Waals surface area contributed by atoms with Gasteiger partial charge in [0.1, 0.15) is 30.6 Å². The highest BCUT2D eigenvalue weighted by molar-refractivity contribution is 6.55. The fourth-order valence-electron chi connectivity index (χ4n) is 2.61. The Labute approximate surface area is 174 Å². The molecule has 0 fully saturated rings. The third-order valence-electron chi connectivity index (χ3n) is 4.12. The standard InChI is InChI=1S/C21H33BFN5O/c1-15(13-16(2)23)9-7-11-24-20-19(17(3)26-14-27-20)28-18(4)21(29)25-12-8-10-22(5)6/h7,9,13-14,16H,8,10-12H2,1-6H3,(H,25,29)(H,24,26,27)/b9-7-,15-13-,28-18?. The van der Waals surface area contributed by atoms with E-state index in [-0.39, 0.29) is 5.91 Å². The molecule has 1 atom stereocenters. The van der Waals surface area contributed by atoms with Crippen molar-refractivity contribution in [2.24, 2.45) is 4.99 Å². The van der Waals surface area contributed by atoms with Crippen LogP contribution in [0.25, 0.3) is 0 Å². The van der Waals surface area contributed by atoms with Crippen LogP contribution in [0, 0.1) is 6.92 Å². The van der Waals surface area contributed by atoms with Crippen LogP contribution in [0.5, 0.6) is 0 Å². The molecule has 29 heavy (non-hydrogen) atoms. The quantitative estimate of drug-likeness (QED) is 0.249. The van der Waals surface area contributed by atoms with E-state index in [2.05, 4.69) is 39.2 Å². The Kier molecular flexibility index (Phi) is 10.9. The van der Waals surface area contributed by atoms with Crippen LogP contribution in [0.3, 0.4) is 0 Å². The van der Waals surface area contributed by atoms with E-state index in [9.17, 15) is 9.18 Å². The number of carbonyl (C=O) groups is 1. The number of allylic oxidation sites excluding steroid dienone is 3. The number of hydrogen-bond acceptors (Lipinski definition) is 5. The van der Waals surface area contributed by atoms with Crippen molar-refractivity contribution in [3.8, 4) is 0 Å². The molecule has 0 spiro atoms. The number of aliphatic imine (C=N–C) groups is 1. The van der Waals surface area contributed by atoms with Crippen LogP contribution in [-0.2, 0) is 4.79 Å². The normalized spacial score (nSPS) is 13.5. The highest BCUT2D eigenvalue weighted by Crippen LogP contribution is 2.25. The minimum Gasteiger partial charge on any atom is -0.365 e. The van der Waals surface area contributed by atoms with Crippen LogP contribution in [0.4, 0.5) is 15.9 Å². The van der Waals surface area contributed by atoms with E-state index in [0.717, 1.165) is 18.3 Å². The van der Waals surface area contributed by atoms with Gasteiger partial charge < -0.3 is 10.6 Å². The first kappa shape index (κ1) is 24.5. The van der Waals surface area contributed by atoms with E-state index < -0.39 is 6.17 Å². The van der Waals surface area contributed by atoms with Gasteiger partial charge >= 0.3 is 0 Å². The molecular weight excluding hydrogens is 368 g/mol. The first-order valence-corrected chi connectivity index (χ1v) is 10.1. The zero-order valence-electron chi connectivity index (χ0n) is 18.4. The molecule has 8 heteroatoms. The van der Waals surface area contributed by atoms with Gasteiger partial charge in [-0.2, -0.15) is 0 Å². The van der Waals surface area contributed by atoms with Crippen molar-refractivity contribution in [3.63, 3.8) is 0 Å². The first-order chi connectivity index (χ1) is 13.7. The second-order valence-electron chi connectivity index (χ2n) is 7.52. The highest BCUT2D eigenvalue weighted by atomic mass is 19.1. The van der Waals surface area contributed by atoms with Crippen molar-refractivity contribution >= 4 is 29.8 Å². The number of nitrogens with one attached hydrogen (secondary N) is 2. The van der Waals surface area contributed by atoms with Crippen LogP contribution in [0.1, 0.15) is 32.9 Å². The maximum Gasteiger partial charge on any atom is 0.265 e. The van der Waals surface area contributed by atoms with Crippen molar-refractivity contribution in [2.75, 3.05) is 18.4 Å². The van der Waals surface area contributed by atoms with Gasteiger partial charge in [0.2, 0.25) is 0 Å². The van der Waals surface area contributed by atoms with Gasteiger partial charge in [0.05, 0.1) is 5.69 Å². The number of rotatable bonds is 11. The summed E-state index contributed by atoms with van der Waals surface area (Å²) >= 11 is 0. The Balaban J connectivity index is 2.77. The SMILES string of the molecule is CB(C)CCCNC(=O)C(C)=Nc1c(C)ncnc1NC/C=C\C(C)=C/C(C)F. The lowest BCUT2D eigenvalue weighted by molar-refractivity contribution is -0.114. The van der Waals surface area contributed by atoms with Crippen molar-refractivity contribution in [3.05, 3.63) is 35.8 Å². The highest BCUT2D eigenvalue weighted by Gasteiger charge is 2.11. The molecular formula is C21H33BFN5O. The number of nitrogens with zero attached hydrogens (tertiary/aromatic N) is 3. The third-order valence-corrected chi connectivity index (χ3v) is 4.12. The zero-order valence-corrected chi connectivity index (χ0v) is 18.4. The molecule has 1 aromatic rings. The van der Waals surface area contributed by atoms with Crippen molar-refractivity contribution in [1.82, 2.24) is 15.3 Å². The lowest BCUT2D eigenvalue weighted by atomic mass is 9.51. The van der Waals surface area contributed by atoms with Gasteiger partial charge in [-0.1, -0.05) is 37.7 Å². The van der Waals surface area contributed by atoms with Gasteiger partial charge in [-0.25, -0.2) is 19.4 Å². The molecule has 1 aromatic heterocycles. The fourth-order valence-corrected chi connectivity index (χ4v) is 2.61. The number of alkyl halides is 1. The monoisotopic (exact) mass is 401 g/mol. The van der Waals surface area contributed by atoms with Crippen LogP contribution in [0.15, 0.2) is 35.1 Å². The molecule has 0 saturated carbocycles. The summed E-state index contributed by atoms with van der Waals surface area (Å²) in [5.41, 5.74) is 2.44. The average Bonchev–Trinajstić information content (AvgIpc) is 2.63. The number of amides is 1. The second-order valence-corrected chi connectivity index (χ2v) is 7.52. The lowest BCUT2D eigenvalue weighted by Gasteiger charge is -2.10. The number of aryl methyl sites for hydroxylation is 1. The van der Waals surface area contributed by atoms with Gasteiger partial charge in [0, 0.05) is 13.1 Å². The maximum atomic E-state index is 13.0. The summed E-state index contributed by atoms with van der Waals surface area (Å²) in [6, 6.07) is 0. The molecule has 158 valence electrons. The van der Waals surface area contributed by atoms with E-state index >= 15 is 0 Å². The maximum absolute atomic E-state index is 13.0. The molecule has 1 heterocycles. The number of aromatic nitrogens is 2. The number of carbonyl (C=O) groups excluding carboxylic acids is 1. The number of anilines is 1. The minimum absolute atomic E-state index is 0.191. The zero-order chi connectivity index (χ0) is 21.8. The molecule has 0 aliphatic rings. The van der Waals surface area contributed by atoms with E-state index in [0.29, 0.717) is 42.7 Å². The smallest absolute Gasteiger partial charge is 0.265 e. The number of hydrogen-bond donors (Lipinski definition) is 2. The van der Waals surface area contributed by atoms with Gasteiger partial charge in [-0.05, 0) is 40.2 Å². The topological polar surface area (TPSA) is 79.3 Å². The summed E-state index contributed by atoms with van der Waals surface area (Å²) < 4.78 is 13.0. The van der Waals surface area contributed by atoms with Crippen LogP contribution >= 0.6 is 0 Å². The predicted molar refractivity (Wildman–Crippen MR) is 121 cm³/mol. The van der Waals surface area contributed by atoms with E-state index in [1.807, 2.05) is 26.0 Å². The molecule has 1 unspecified atom stereocenters. The van der Waals surface area contributed by atoms with Gasteiger partial charge in [-0.3, -0.25) is 4.79 Å². The number of halogens is 1. The summed E-state index contributed by atoms with van der Waals surface area (Å²) in [6.45, 7) is 12.9. The van der Waals surface area contributed by atoms with Gasteiger partial charge in [0.25, 0.3) is 5.91 Å². The van der Waals surface area contributed by atoms with E-state index in [1.165, 1.54) is 13.3 Å². The summed E-state index contributed by atoms with van der Waals surface area (Å²) in [6.07, 6.45) is 7.77. The molecule has 0 aromatic carbocycles. The Bertz CT molecular complexity index is 759. The lowest BCUT2D eigenvalue weighted by Crippen LogP contribution is -2.30. The molecule has 0 saturated heterocycles. The van der Waals surface area contributed by atoms with Crippen molar-refractivity contribution < 1.29 is 9.18 Å². The average molecular weight is 401 g/mol. The fraction of sp³-hybridized carbons (Fsp3) is 0.524. The largest absolute Gasteiger partial charge is 0.365 e. The predicted octanol–water partition coefficient (Wildman–Crippen LogP) is 4.41. The molecule has 0 aliphatic carbocycles. The summed E-state index contributed by atoms with van der Waals surface area (Å²) in [5.74, 6) is 0.360. The van der Waals surface area contributed by atoms with Crippen LogP contribution < -0.4 is 10.6 Å². The Morgan fingerprint density at radius 3 is 2.72 bits per heavy atom. The molecule has 0 aliphatic heterocycles.